The number of aliphatic hydroxyl groups is 1. The summed E-state index contributed by atoms with van der Waals surface area (Å²) in [6.07, 6.45) is 4.05. The van der Waals surface area contributed by atoms with Crippen molar-refractivity contribution in [1.82, 2.24) is 9.78 Å². The zero-order valence-electron chi connectivity index (χ0n) is 9.55. The summed E-state index contributed by atoms with van der Waals surface area (Å²) in [6.45, 7) is 4.95. The van der Waals surface area contributed by atoms with E-state index >= 15 is 0 Å². The van der Waals surface area contributed by atoms with Gasteiger partial charge in [-0.25, -0.2) is 0 Å². The average Bonchev–Trinajstić information content (AvgIpc) is 2.86. The number of hydrogen-bond donors (Lipinski definition) is 1. The molecular formula is C12H16N2OS. The second kappa shape index (κ2) is 4.80. The van der Waals surface area contributed by atoms with E-state index in [2.05, 4.69) is 12.0 Å². The van der Waals surface area contributed by atoms with E-state index in [4.69, 9.17) is 0 Å². The fourth-order valence-electron chi connectivity index (χ4n) is 1.73. The van der Waals surface area contributed by atoms with Crippen molar-refractivity contribution in [3.63, 3.8) is 0 Å². The van der Waals surface area contributed by atoms with E-state index in [0.717, 1.165) is 17.0 Å². The Kier molecular flexibility index (Phi) is 3.41. The van der Waals surface area contributed by atoms with Gasteiger partial charge in [-0.2, -0.15) is 5.10 Å². The summed E-state index contributed by atoms with van der Waals surface area (Å²) >= 11 is 1.61. The number of nitrogens with zero attached hydrogens (tertiary/aromatic N) is 2. The maximum atomic E-state index is 10.1. The molecule has 4 heteroatoms. The molecule has 0 aliphatic heterocycles. The van der Waals surface area contributed by atoms with Gasteiger partial charge in [-0.15, -0.1) is 11.3 Å². The van der Waals surface area contributed by atoms with Gasteiger partial charge < -0.3 is 5.11 Å². The van der Waals surface area contributed by atoms with E-state index in [9.17, 15) is 5.11 Å². The van der Waals surface area contributed by atoms with Crippen LogP contribution in [0.15, 0.2) is 23.8 Å². The van der Waals surface area contributed by atoms with Crippen LogP contribution in [0.4, 0.5) is 0 Å². The van der Waals surface area contributed by atoms with Gasteiger partial charge in [0, 0.05) is 24.0 Å². The number of aryl methyl sites for hydroxylation is 2. The molecule has 0 saturated heterocycles. The van der Waals surface area contributed by atoms with Crippen LogP contribution in [-0.4, -0.2) is 14.9 Å². The van der Waals surface area contributed by atoms with Crippen LogP contribution in [0.3, 0.4) is 0 Å². The molecule has 16 heavy (non-hydrogen) atoms. The summed E-state index contributed by atoms with van der Waals surface area (Å²) in [5.74, 6) is 0. The molecule has 0 saturated carbocycles. The Balaban J connectivity index is 2.07. The summed E-state index contributed by atoms with van der Waals surface area (Å²) in [7, 11) is 0. The zero-order valence-corrected chi connectivity index (χ0v) is 10.4. The SMILES string of the molecule is CCn1cc(CC(O)c2sccc2C)cn1. The first-order valence-corrected chi connectivity index (χ1v) is 6.32. The fraction of sp³-hybridized carbons (Fsp3) is 0.417. The quantitative estimate of drug-likeness (QED) is 0.886. The van der Waals surface area contributed by atoms with Crippen molar-refractivity contribution in [2.75, 3.05) is 0 Å². The van der Waals surface area contributed by atoms with Gasteiger partial charge in [0.15, 0.2) is 0 Å². The van der Waals surface area contributed by atoms with Gasteiger partial charge in [0.2, 0.25) is 0 Å². The van der Waals surface area contributed by atoms with Gasteiger partial charge in [-0.3, -0.25) is 4.68 Å². The first-order chi connectivity index (χ1) is 7.70. The molecule has 0 aromatic carbocycles. The second-order valence-electron chi connectivity index (χ2n) is 3.89. The number of hydrogen-bond acceptors (Lipinski definition) is 3. The highest BCUT2D eigenvalue weighted by atomic mass is 32.1. The molecule has 2 aromatic rings. The maximum Gasteiger partial charge on any atom is 0.0925 e. The minimum atomic E-state index is -0.408. The largest absolute Gasteiger partial charge is 0.387 e. The molecule has 0 radical (unpaired) electrons. The van der Waals surface area contributed by atoms with Crippen molar-refractivity contribution in [1.29, 1.82) is 0 Å². The highest BCUT2D eigenvalue weighted by molar-refractivity contribution is 7.10. The molecule has 0 fully saturated rings. The van der Waals surface area contributed by atoms with E-state index < -0.39 is 6.10 Å². The Morgan fingerprint density at radius 1 is 1.56 bits per heavy atom. The molecule has 86 valence electrons. The predicted molar refractivity (Wildman–Crippen MR) is 65.6 cm³/mol. The molecule has 1 N–H and O–H groups in total. The second-order valence-corrected chi connectivity index (χ2v) is 4.84. The predicted octanol–water partition coefficient (Wildman–Crippen LogP) is 2.55. The third kappa shape index (κ3) is 2.33. The number of aliphatic hydroxyl groups excluding tert-OH is 1. The Morgan fingerprint density at radius 3 is 2.94 bits per heavy atom. The van der Waals surface area contributed by atoms with Crippen LogP contribution in [0.5, 0.6) is 0 Å². The molecule has 2 heterocycles. The maximum absolute atomic E-state index is 10.1. The van der Waals surface area contributed by atoms with Crippen molar-refractivity contribution < 1.29 is 5.11 Å². The van der Waals surface area contributed by atoms with Gasteiger partial charge in [0.05, 0.1) is 12.3 Å². The molecular weight excluding hydrogens is 220 g/mol. The average molecular weight is 236 g/mol. The minimum Gasteiger partial charge on any atom is -0.387 e. The summed E-state index contributed by atoms with van der Waals surface area (Å²) in [6, 6.07) is 2.04. The Labute approximate surface area is 99.4 Å². The Hall–Kier alpha value is -1.13. The van der Waals surface area contributed by atoms with Crippen LogP contribution in [0.25, 0.3) is 0 Å². The molecule has 1 unspecified atom stereocenters. The van der Waals surface area contributed by atoms with E-state index in [1.54, 1.807) is 11.3 Å². The van der Waals surface area contributed by atoms with Crippen LogP contribution in [-0.2, 0) is 13.0 Å². The normalized spacial score (nSPS) is 12.9. The first-order valence-electron chi connectivity index (χ1n) is 5.44. The van der Waals surface area contributed by atoms with E-state index in [1.165, 1.54) is 5.56 Å². The van der Waals surface area contributed by atoms with Crippen LogP contribution in [0.2, 0.25) is 0 Å². The lowest BCUT2D eigenvalue weighted by molar-refractivity contribution is 0.181. The smallest absolute Gasteiger partial charge is 0.0925 e. The standard InChI is InChI=1S/C12H16N2OS/c1-3-14-8-10(7-13-14)6-11(15)12-9(2)4-5-16-12/h4-5,7-8,11,15H,3,6H2,1-2H3. The number of aromatic nitrogens is 2. The summed E-state index contributed by atoms with van der Waals surface area (Å²) in [5.41, 5.74) is 2.25. The van der Waals surface area contributed by atoms with Crippen molar-refractivity contribution in [3.8, 4) is 0 Å². The van der Waals surface area contributed by atoms with Crippen molar-refractivity contribution in [3.05, 3.63) is 39.8 Å². The molecule has 0 spiro atoms. The molecule has 0 amide bonds. The van der Waals surface area contributed by atoms with Crippen LogP contribution >= 0.6 is 11.3 Å². The highest BCUT2D eigenvalue weighted by Crippen LogP contribution is 2.26. The molecule has 2 rings (SSSR count). The lowest BCUT2D eigenvalue weighted by atomic mass is 10.1. The first kappa shape index (κ1) is 11.4. The molecule has 0 aliphatic carbocycles. The lowest BCUT2D eigenvalue weighted by Gasteiger charge is -2.08. The molecule has 2 aromatic heterocycles. The van der Waals surface area contributed by atoms with E-state index in [-0.39, 0.29) is 0 Å². The van der Waals surface area contributed by atoms with Crippen molar-refractivity contribution in [2.45, 2.75) is 32.9 Å². The third-order valence-corrected chi connectivity index (χ3v) is 3.76. The monoisotopic (exact) mass is 236 g/mol. The van der Waals surface area contributed by atoms with Gasteiger partial charge in [-0.05, 0) is 36.4 Å². The van der Waals surface area contributed by atoms with Gasteiger partial charge in [-0.1, -0.05) is 0 Å². The van der Waals surface area contributed by atoms with Crippen LogP contribution < -0.4 is 0 Å². The van der Waals surface area contributed by atoms with Gasteiger partial charge >= 0.3 is 0 Å². The molecule has 0 aliphatic rings. The number of rotatable bonds is 4. The van der Waals surface area contributed by atoms with Crippen molar-refractivity contribution in [2.24, 2.45) is 0 Å². The Morgan fingerprint density at radius 2 is 2.38 bits per heavy atom. The number of thiophene rings is 1. The van der Waals surface area contributed by atoms with Gasteiger partial charge in [0.25, 0.3) is 0 Å². The molecule has 1 atom stereocenters. The summed E-state index contributed by atoms with van der Waals surface area (Å²) in [4.78, 5) is 1.06. The fourth-order valence-corrected chi connectivity index (χ4v) is 2.64. The van der Waals surface area contributed by atoms with Crippen LogP contribution in [0, 0.1) is 6.92 Å². The topological polar surface area (TPSA) is 38.0 Å². The highest BCUT2D eigenvalue weighted by Gasteiger charge is 2.13. The molecule has 0 bridgehead atoms. The summed E-state index contributed by atoms with van der Waals surface area (Å²) in [5, 5.41) is 16.3. The van der Waals surface area contributed by atoms with E-state index in [0.29, 0.717) is 6.42 Å². The third-order valence-electron chi connectivity index (χ3n) is 2.64. The Bertz CT molecular complexity index is 461. The zero-order chi connectivity index (χ0) is 11.5. The van der Waals surface area contributed by atoms with E-state index in [1.807, 2.05) is 35.4 Å². The minimum absolute atomic E-state index is 0.408. The molecule has 3 nitrogen and oxygen atoms in total. The van der Waals surface area contributed by atoms with Crippen molar-refractivity contribution >= 4 is 11.3 Å². The van der Waals surface area contributed by atoms with Gasteiger partial charge in [0.1, 0.15) is 0 Å². The van der Waals surface area contributed by atoms with Crippen LogP contribution in [0.1, 0.15) is 29.0 Å². The lowest BCUT2D eigenvalue weighted by Crippen LogP contribution is -2.00. The summed E-state index contributed by atoms with van der Waals surface area (Å²) < 4.78 is 1.88.